The molecule has 13 heavy (non-hydrogen) atoms. The van der Waals surface area contributed by atoms with Crippen LogP contribution in [0.25, 0.3) is 0 Å². The number of ether oxygens (including phenoxy) is 1. The summed E-state index contributed by atoms with van der Waals surface area (Å²) in [5.41, 5.74) is 2.26. The van der Waals surface area contributed by atoms with Crippen molar-refractivity contribution in [1.29, 1.82) is 0 Å². The van der Waals surface area contributed by atoms with E-state index in [1.54, 1.807) is 6.92 Å². The maximum atomic E-state index is 11.1. The van der Waals surface area contributed by atoms with Crippen molar-refractivity contribution in [3.05, 3.63) is 0 Å². The first kappa shape index (κ1) is 10.2. The fourth-order valence-electron chi connectivity index (χ4n) is 0.936. The second-order valence-electron chi connectivity index (χ2n) is 2.47. The average Bonchev–Trinajstić information content (AvgIpc) is 2.36. The van der Waals surface area contributed by atoms with Gasteiger partial charge in [0, 0.05) is 0 Å². The molecule has 0 radical (unpaired) electrons. The lowest BCUT2D eigenvalue weighted by Crippen LogP contribution is -2.24. The van der Waals surface area contributed by atoms with Crippen molar-refractivity contribution in [3.63, 3.8) is 0 Å². The van der Waals surface area contributed by atoms with Gasteiger partial charge in [0.2, 0.25) is 5.91 Å². The number of rotatable bonds is 3. The highest BCUT2D eigenvalue weighted by Crippen LogP contribution is 2.16. The molecule has 0 spiro atoms. The van der Waals surface area contributed by atoms with Gasteiger partial charge in [-0.15, -0.1) is 0 Å². The first-order chi connectivity index (χ1) is 6.15. The second-order valence-corrected chi connectivity index (χ2v) is 3.28. The third-order valence-corrected chi connectivity index (χ3v) is 2.28. The predicted molar refractivity (Wildman–Crippen MR) is 49.2 cm³/mol. The molecule has 1 amide bonds. The first-order valence-electron chi connectivity index (χ1n) is 3.83. The molecule has 0 aromatic heterocycles. The minimum Gasteiger partial charge on any atom is -0.466 e. The van der Waals surface area contributed by atoms with Gasteiger partial charge in [0.1, 0.15) is 10.5 Å². The first-order valence-corrected chi connectivity index (χ1v) is 4.63. The maximum Gasteiger partial charge on any atom is 0.307 e. The van der Waals surface area contributed by atoms with E-state index in [0.717, 1.165) is 0 Å². The molecule has 1 rings (SSSR count). The van der Waals surface area contributed by atoms with Gasteiger partial charge >= 0.3 is 5.97 Å². The van der Waals surface area contributed by atoms with Crippen molar-refractivity contribution in [2.24, 2.45) is 11.0 Å². The molecule has 0 saturated heterocycles. The highest BCUT2D eigenvalue weighted by molar-refractivity contribution is 9.18. The number of nitrogens with one attached hydrogen (secondary N) is 1. The Balaban J connectivity index is 2.48. The molecule has 1 aliphatic heterocycles. The van der Waals surface area contributed by atoms with Crippen LogP contribution in [0, 0.1) is 5.92 Å². The number of amides is 1. The van der Waals surface area contributed by atoms with Crippen LogP contribution in [0.15, 0.2) is 5.10 Å². The quantitative estimate of drug-likeness (QED) is 0.736. The summed E-state index contributed by atoms with van der Waals surface area (Å²) in [4.78, 5) is 22.1. The number of nitrogens with zero attached hydrogens (tertiary/aromatic N) is 1. The fraction of sp³-hybridized carbons (Fsp3) is 0.571. The van der Waals surface area contributed by atoms with Gasteiger partial charge in [-0.1, -0.05) is 0 Å². The molecular weight excluding hydrogens is 240 g/mol. The van der Waals surface area contributed by atoms with Gasteiger partial charge in [-0.3, -0.25) is 9.59 Å². The third-order valence-electron chi connectivity index (χ3n) is 1.55. The van der Waals surface area contributed by atoms with Crippen LogP contribution in [-0.2, 0) is 14.3 Å². The molecule has 1 heterocycles. The van der Waals surface area contributed by atoms with Gasteiger partial charge in [-0.25, -0.2) is 5.43 Å². The smallest absolute Gasteiger partial charge is 0.307 e. The Morgan fingerprint density at radius 1 is 1.77 bits per heavy atom. The van der Waals surface area contributed by atoms with E-state index < -0.39 is 11.9 Å². The highest BCUT2D eigenvalue weighted by atomic mass is 79.9. The van der Waals surface area contributed by atoms with E-state index in [-0.39, 0.29) is 12.3 Å². The van der Waals surface area contributed by atoms with Crippen LogP contribution < -0.4 is 5.43 Å². The molecule has 6 heteroatoms. The Morgan fingerprint density at radius 3 is 2.92 bits per heavy atom. The van der Waals surface area contributed by atoms with Gasteiger partial charge in [-0.05, 0) is 22.9 Å². The van der Waals surface area contributed by atoms with E-state index in [4.69, 9.17) is 4.74 Å². The predicted octanol–water partition coefficient (Wildman–Crippen LogP) is 0.394. The van der Waals surface area contributed by atoms with Crippen LogP contribution in [0.5, 0.6) is 0 Å². The minimum absolute atomic E-state index is 0.0315. The molecule has 1 unspecified atom stereocenters. The van der Waals surface area contributed by atoms with Crippen LogP contribution >= 0.6 is 15.9 Å². The topological polar surface area (TPSA) is 67.8 Å². The van der Waals surface area contributed by atoms with Crippen LogP contribution in [-0.4, -0.2) is 23.1 Å². The van der Waals surface area contributed by atoms with Gasteiger partial charge in [0.15, 0.2) is 0 Å². The Hall–Kier alpha value is -0.910. The second kappa shape index (κ2) is 4.36. The number of carbonyl (C=O) groups is 2. The molecule has 0 bridgehead atoms. The van der Waals surface area contributed by atoms with Crippen molar-refractivity contribution in [2.45, 2.75) is 13.3 Å². The lowest BCUT2D eigenvalue weighted by Gasteiger charge is -2.05. The van der Waals surface area contributed by atoms with Gasteiger partial charge in [-0.2, -0.15) is 5.10 Å². The van der Waals surface area contributed by atoms with Crippen LogP contribution in [0.1, 0.15) is 13.3 Å². The minimum atomic E-state index is -0.529. The molecular formula is C7H9BrN2O3. The van der Waals surface area contributed by atoms with Gasteiger partial charge < -0.3 is 4.74 Å². The van der Waals surface area contributed by atoms with E-state index in [9.17, 15) is 9.59 Å². The number of carbonyl (C=O) groups excluding carboxylic acids is 2. The summed E-state index contributed by atoms with van der Waals surface area (Å²) >= 11 is 3.08. The number of halogens is 1. The molecule has 72 valence electrons. The largest absolute Gasteiger partial charge is 0.466 e. The van der Waals surface area contributed by atoms with Crippen LogP contribution in [0.3, 0.4) is 0 Å². The zero-order valence-corrected chi connectivity index (χ0v) is 8.63. The summed E-state index contributed by atoms with van der Waals surface area (Å²) in [7, 11) is 0. The number of hydrogen-bond acceptors (Lipinski definition) is 4. The normalized spacial score (nSPS) is 20.9. The summed E-state index contributed by atoms with van der Waals surface area (Å²) < 4.78 is 5.16. The lowest BCUT2D eigenvalue weighted by atomic mass is 10.1. The molecule has 0 aromatic rings. The van der Waals surface area contributed by atoms with Crippen LogP contribution in [0.4, 0.5) is 0 Å². The van der Waals surface area contributed by atoms with Crippen molar-refractivity contribution in [2.75, 3.05) is 6.61 Å². The Kier molecular flexibility index (Phi) is 3.41. The zero-order valence-electron chi connectivity index (χ0n) is 7.04. The molecule has 1 N–H and O–H groups in total. The standard InChI is InChI=1S/C7H9BrN2O3/c1-2-13-5(11)3-4-6(8)9-10-7(4)12/h4H,2-3H2,1H3,(H,10,12). The SMILES string of the molecule is CCOC(=O)CC1C(=O)NN=C1Br. The van der Waals surface area contributed by atoms with Crippen molar-refractivity contribution in [3.8, 4) is 0 Å². The lowest BCUT2D eigenvalue weighted by molar-refractivity contribution is -0.145. The molecule has 0 fully saturated rings. The summed E-state index contributed by atoms with van der Waals surface area (Å²) in [6.45, 7) is 2.04. The van der Waals surface area contributed by atoms with Crippen molar-refractivity contribution >= 4 is 32.4 Å². The van der Waals surface area contributed by atoms with Crippen molar-refractivity contribution in [1.82, 2.24) is 5.43 Å². The number of esters is 1. The van der Waals surface area contributed by atoms with Crippen molar-refractivity contribution < 1.29 is 14.3 Å². The zero-order chi connectivity index (χ0) is 9.84. The van der Waals surface area contributed by atoms with E-state index in [0.29, 0.717) is 11.2 Å². The van der Waals surface area contributed by atoms with Crippen LogP contribution in [0.2, 0.25) is 0 Å². The summed E-state index contributed by atoms with van der Waals surface area (Å²) in [5.74, 6) is -1.20. The molecule has 0 aliphatic carbocycles. The monoisotopic (exact) mass is 248 g/mol. The van der Waals surface area contributed by atoms with E-state index in [1.807, 2.05) is 0 Å². The Labute approximate surface area is 83.6 Å². The summed E-state index contributed by atoms with van der Waals surface area (Å²) in [6.07, 6.45) is 0.0315. The molecule has 5 nitrogen and oxygen atoms in total. The maximum absolute atomic E-state index is 11.1. The summed E-state index contributed by atoms with van der Waals surface area (Å²) in [6, 6.07) is 0. The number of hydrogen-bond donors (Lipinski definition) is 1. The average molecular weight is 249 g/mol. The van der Waals surface area contributed by atoms with E-state index in [2.05, 4.69) is 26.5 Å². The Bertz CT molecular complexity index is 264. The molecule has 0 aromatic carbocycles. The highest BCUT2D eigenvalue weighted by Gasteiger charge is 2.30. The van der Waals surface area contributed by atoms with E-state index >= 15 is 0 Å². The van der Waals surface area contributed by atoms with Gasteiger partial charge in [0.05, 0.1) is 13.0 Å². The molecule has 0 saturated carbocycles. The summed E-state index contributed by atoms with van der Waals surface area (Å²) in [5, 5.41) is 3.64. The third kappa shape index (κ3) is 2.51. The fourth-order valence-corrected chi connectivity index (χ4v) is 1.39. The Morgan fingerprint density at radius 2 is 2.46 bits per heavy atom. The number of hydrazone groups is 1. The molecule has 1 atom stereocenters. The van der Waals surface area contributed by atoms with Gasteiger partial charge in [0.25, 0.3) is 0 Å². The van der Waals surface area contributed by atoms with E-state index in [1.165, 1.54) is 0 Å². The molecule has 1 aliphatic rings.